The van der Waals surface area contributed by atoms with Crippen molar-refractivity contribution in [1.82, 2.24) is 0 Å². The molecule has 0 radical (unpaired) electrons. The zero-order valence-electron chi connectivity index (χ0n) is 9.96. The van der Waals surface area contributed by atoms with Gasteiger partial charge in [0.25, 0.3) is 0 Å². The Morgan fingerprint density at radius 3 is 1.93 bits per heavy atom. The van der Waals surface area contributed by atoms with Crippen molar-refractivity contribution in [3.8, 4) is 0 Å². The highest BCUT2D eigenvalue weighted by atomic mass is 14.3. The predicted molar refractivity (Wildman–Crippen MR) is 66.6 cm³/mol. The molecule has 1 unspecified atom stereocenters. The summed E-state index contributed by atoms with van der Waals surface area (Å²) < 4.78 is 0. The number of hydrogen-bond donors (Lipinski definition) is 0. The molecule has 0 saturated carbocycles. The Kier molecular flexibility index (Phi) is 2.52. The zero-order chi connectivity index (χ0) is 11.0. The van der Waals surface area contributed by atoms with Gasteiger partial charge in [-0.15, -0.1) is 0 Å². The normalized spacial score (nSPS) is 21.5. The fraction of sp³-hybridized carbons (Fsp3) is 0.333. The average molecular weight is 198 g/mol. The van der Waals surface area contributed by atoms with Gasteiger partial charge >= 0.3 is 0 Å². The van der Waals surface area contributed by atoms with Crippen molar-refractivity contribution in [3.05, 3.63) is 52.6 Å². The van der Waals surface area contributed by atoms with Crippen molar-refractivity contribution in [2.45, 2.75) is 27.7 Å². The van der Waals surface area contributed by atoms with Gasteiger partial charge in [0.1, 0.15) is 0 Å². The van der Waals surface area contributed by atoms with Gasteiger partial charge in [0, 0.05) is 0 Å². The van der Waals surface area contributed by atoms with Gasteiger partial charge in [-0.1, -0.05) is 48.4 Å². The molecule has 0 bridgehead atoms. The van der Waals surface area contributed by atoms with Crippen LogP contribution in [-0.2, 0) is 0 Å². The maximum absolute atomic E-state index is 2.30. The molecule has 0 amide bonds. The van der Waals surface area contributed by atoms with Crippen molar-refractivity contribution in [3.63, 3.8) is 0 Å². The fourth-order valence-corrected chi connectivity index (χ4v) is 2.41. The van der Waals surface area contributed by atoms with Gasteiger partial charge in [-0.2, -0.15) is 0 Å². The molecule has 1 atom stereocenters. The molecule has 0 heteroatoms. The first-order valence-electron chi connectivity index (χ1n) is 5.57. The molecule has 1 aliphatic carbocycles. The van der Waals surface area contributed by atoms with E-state index in [1.165, 1.54) is 27.9 Å². The van der Waals surface area contributed by atoms with Crippen molar-refractivity contribution >= 4 is 5.57 Å². The molecule has 1 aliphatic rings. The van der Waals surface area contributed by atoms with Gasteiger partial charge < -0.3 is 0 Å². The van der Waals surface area contributed by atoms with Crippen LogP contribution in [-0.4, -0.2) is 0 Å². The van der Waals surface area contributed by atoms with Gasteiger partial charge in [-0.3, -0.25) is 0 Å². The maximum atomic E-state index is 2.30. The minimum Gasteiger partial charge on any atom is -0.0629 e. The lowest BCUT2D eigenvalue weighted by Gasteiger charge is -2.08. The quantitative estimate of drug-likeness (QED) is 0.625. The van der Waals surface area contributed by atoms with Crippen molar-refractivity contribution in [2.75, 3.05) is 0 Å². The van der Waals surface area contributed by atoms with Crippen molar-refractivity contribution in [1.29, 1.82) is 0 Å². The lowest BCUT2D eigenvalue weighted by atomic mass is 9.97. The molecular formula is C15H18. The Bertz CT molecular complexity index is 432. The number of benzene rings is 1. The zero-order valence-corrected chi connectivity index (χ0v) is 9.96. The second kappa shape index (κ2) is 3.69. The summed E-state index contributed by atoms with van der Waals surface area (Å²) in [6.45, 7) is 9.04. The van der Waals surface area contributed by atoms with Crippen LogP contribution < -0.4 is 0 Å². The number of rotatable bonds is 1. The molecule has 78 valence electrons. The topological polar surface area (TPSA) is 0 Å². The first-order chi connectivity index (χ1) is 7.13. The molecule has 0 fully saturated rings. The molecule has 0 nitrogen and oxygen atoms in total. The Hall–Kier alpha value is -1.30. The second-order valence-corrected chi connectivity index (χ2v) is 4.45. The Balaban J connectivity index is 2.55. The molecule has 0 aliphatic heterocycles. The molecule has 2 rings (SSSR count). The summed E-state index contributed by atoms with van der Waals surface area (Å²) >= 11 is 0. The molecular weight excluding hydrogens is 180 g/mol. The minimum absolute atomic E-state index is 0.611. The molecule has 0 saturated heterocycles. The first-order valence-corrected chi connectivity index (χ1v) is 5.57. The van der Waals surface area contributed by atoms with Crippen LogP contribution in [0.5, 0.6) is 0 Å². The predicted octanol–water partition coefficient (Wildman–Crippen LogP) is 4.45. The smallest absolute Gasteiger partial charge is 0.00117 e. The summed E-state index contributed by atoms with van der Waals surface area (Å²) in [5.74, 6) is 0.611. The van der Waals surface area contributed by atoms with Gasteiger partial charge in [0.2, 0.25) is 0 Å². The number of hydrogen-bond acceptors (Lipinski definition) is 0. The van der Waals surface area contributed by atoms with E-state index < -0.39 is 0 Å². The molecule has 1 aromatic rings. The Morgan fingerprint density at radius 1 is 0.867 bits per heavy atom. The van der Waals surface area contributed by atoms with Crippen LogP contribution in [0, 0.1) is 5.92 Å². The van der Waals surface area contributed by atoms with E-state index in [1.807, 2.05) is 0 Å². The number of allylic oxidation sites excluding steroid dienone is 4. The van der Waals surface area contributed by atoms with Crippen LogP contribution in [0.15, 0.2) is 47.1 Å². The standard InChI is InChI=1S/C15H18/c1-10-11(2)13(4)15(12(10)3)14-8-6-5-7-9-14/h5-10H,1-4H3. The molecule has 0 heterocycles. The molecule has 0 aromatic heterocycles. The SMILES string of the molecule is CC1=C(C)C(C)C(C)=C1c1ccccc1. The lowest BCUT2D eigenvalue weighted by molar-refractivity contribution is 0.818. The third-order valence-corrected chi connectivity index (χ3v) is 3.72. The minimum atomic E-state index is 0.611. The van der Waals surface area contributed by atoms with Crippen molar-refractivity contribution < 1.29 is 0 Å². The third kappa shape index (κ3) is 1.54. The van der Waals surface area contributed by atoms with Crippen LogP contribution in [0.1, 0.15) is 33.3 Å². The van der Waals surface area contributed by atoms with E-state index in [4.69, 9.17) is 0 Å². The van der Waals surface area contributed by atoms with Gasteiger partial charge in [-0.25, -0.2) is 0 Å². The van der Waals surface area contributed by atoms with Gasteiger partial charge in [0.05, 0.1) is 0 Å². The summed E-state index contributed by atoms with van der Waals surface area (Å²) in [6, 6.07) is 10.7. The van der Waals surface area contributed by atoms with Crippen LogP contribution in [0.4, 0.5) is 0 Å². The van der Waals surface area contributed by atoms with E-state index >= 15 is 0 Å². The maximum Gasteiger partial charge on any atom is -0.00117 e. The van der Waals surface area contributed by atoms with Gasteiger partial charge in [-0.05, 0) is 43.4 Å². The second-order valence-electron chi connectivity index (χ2n) is 4.45. The summed E-state index contributed by atoms with van der Waals surface area (Å²) in [5.41, 5.74) is 7.31. The van der Waals surface area contributed by atoms with E-state index in [0.29, 0.717) is 5.92 Å². The Morgan fingerprint density at radius 2 is 1.47 bits per heavy atom. The van der Waals surface area contributed by atoms with E-state index in [0.717, 1.165) is 0 Å². The monoisotopic (exact) mass is 198 g/mol. The molecule has 0 N–H and O–H groups in total. The summed E-state index contributed by atoms with van der Waals surface area (Å²) in [6.07, 6.45) is 0. The summed E-state index contributed by atoms with van der Waals surface area (Å²) in [7, 11) is 0. The highest BCUT2D eigenvalue weighted by molar-refractivity contribution is 5.85. The highest BCUT2D eigenvalue weighted by Crippen LogP contribution is 2.41. The van der Waals surface area contributed by atoms with E-state index in [2.05, 4.69) is 58.0 Å². The Labute approximate surface area is 92.3 Å². The average Bonchev–Trinajstić information content (AvgIpc) is 2.45. The fourth-order valence-electron chi connectivity index (χ4n) is 2.41. The van der Waals surface area contributed by atoms with E-state index in [9.17, 15) is 0 Å². The first kappa shape index (κ1) is 10.2. The lowest BCUT2D eigenvalue weighted by Crippen LogP contribution is -1.92. The largest absolute Gasteiger partial charge is 0.0629 e. The summed E-state index contributed by atoms with van der Waals surface area (Å²) in [5, 5.41) is 0. The van der Waals surface area contributed by atoms with Crippen LogP contribution in [0.25, 0.3) is 5.57 Å². The van der Waals surface area contributed by atoms with Crippen LogP contribution in [0.3, 0.4) is 0 Å². The molecule has 1 aromatic carbocycles. The van der Waals surface area contributed by atoms with E-state index in [1.54, 1.807) is 0 Å². The molecule has 0 spiro atoms. The van der Waals surface area contributed by atoms with Gasteiger partial charge in [0.15, 0.2) is 0 Å². The highest BCUT2D eigenvalue weighted by Gasteiger charge is 2.23. The van der Waals surface area contributed by atoms with Crippen LogP contribution >= 0.6 is 0 Å². The summed E-state index contributed by atoms with van der Waals surface area (Å²) in [4.78, 5) is 0. The molecule has 15 heavy (non-hydrogen) atoms. The third-order valence-electron chi connectivity index (χ3n) is 3.72. The van der Waals surface area contributed by atoms with E-state index in [-0.39, 0.29) is 0 Å². The van der Waals surface area contributed by atoms with Crippen LogP contribution in [0.2, 0.25) is 0 Å². The van der Waals surface area contributed by atoms with Crippen molar-refractivity contribution in [2.24, 2.45) is 5.92 Å².